The van der Waals surface area contributed by atoms with Gasteiger partial charge in [-0.25, -0.2) is 9.67 Å². The van der Waals surface area contributed by atoms with Crippen molar-refractivity contribution in [3.63, 3.8) is 0 Å². The normalized spacial score (nSPS) is 11.0. The predicted octanol–water partition coefficient (Wildman–Crippen LogP) is -0.496. The lowest BCUT2D eigenvalue weighted by atomic mass is 9.80. The lowest BCUT2D eigenvalue weighted by molar-refractivity contribution is 0.0798. The molecule has 0 aromatic carbocycles. The van der Waals surface area contributed by atoms with Gasteiger partial charge in [-0.15, -0.1) is 11.3 Å². The van der Waals surface area contributed by atoms with Crippen molar-refractivity contribution >= 4 is 39.7 Å². The van der Waals surface area contributed by atoms with Crippen molar-refractivity contribution in [2.75, 3.05) is 6.61 Å². The molecule has 0 amide bonds. The molecule has 0 saturated carbocycles. The van der Waals surface area contributed by atoms with Crippen molar-refractivity contribution in [1.82, 2.24) is 14.8 Å². The number of hydrogen-bond acceptors (Lipinski definition) is 8. The summed E-state index contributed by atoms with van der Waals surface area (Å²) in [6.07, 6.45) is 3.13. The standard InChI is InChI=1S/C12H20BN3O3SSi.BH2O2/c1-21(2,3)7-5-19-9-16-11(12-14-4-6-20-12)10(8-15-16)13(17)18;2-1-3/h4,6,8,17-18H,5,7,9H2,1-3H3;2-3H. The van der Waals surface area contributed by atoms with Crippen molar-refractivity contribution in [1.29, 1.82) is 0 Å². The molecule has 0 atom stereocenters. The zero-order valence-corrected chi connectivity index (χ0v) is 15.8. The molecule has 0 bridgehead atoms. The third kappa shape index (κ3) is 6.85. The average Bonchev–Trinajstić information content (AvgIpc) is 3.12. The second-order valence-electron chi connectivity index (χ2n) is 6.12. The highest BCUT2D eigenvalue weighted by Gasteiger charge is 2.24. The van der Waals surface area contributed by atoms with Crippen LogP contribution in [0.5, 0.6) is 0 Å². The largest absolute Gasteiger partial charge is 0.492 e. The van der Waals surface area contributed by atoms with E-state index < -0.39 is 15.2 Å². The van der Waals surface area contributed by atoms with Gasteiger partial charge in [0.05, 0.1) is 5.69 Å². The molecule has 2 aromatic heterocycles. The first kappa shape index (κ1) is 21.0. The van der Waals surface area contributed by atoms with Crippen LogP contribution in [-0.4, -0.2) is 64.3 Å². The number of thiazole rings is 1. The second kappa shape index (κ2) is 10.1. The maximum atomic E-state index is 9.44. The molecule has 2 aromatic rings. The number of ether oxygens (including phenoxy) is 1. The molecule has 24 heavy (non-hydrogen) atoms. The smallest absolute Gasteiger partial charge is 0.429 e. The van der Waals surface area contributed by atoms with Gasteiger partial charge in [0.15, 0.2) is 0 Å². The highest BCUT2D eigenvalue weighted by Crippen LogP contribution is 2.20. The summed E-state index contributed by atoms with van der Waals surface area (Å²) in [5.74, 6) is 0. The molecule has 0 spiro atoms. The highest BCUT2D eigenvalue weighted by molar-refractivity contribution is 7.13. The van der Waals surface area contributed by atoms with E-state index in [-0.39, 0.29) is 14.4 Å². The lowest BCUT2D eigenvalue weighted by Gasteiger charge is -2.15. The van der Waals surface area contributed by atoms with Gasteiger partial charge in [-0.3, -0.25) is 0 Å². The summed E-state index contributed by atoms with van der Waals surface area (Å²) >= 11 is 1.43. The van der Waals surface area contributed by atoms with E-state index >= 15 is 0 Å². The zero-order valence-electron chi connectivity index (χ0n) is 14.0. The first-order chi connectivity index (χ1) is 11.3. The summed E-state index contributed by atoms with van der Waals surface area (Å²) in [5.41, 5.74) is 0.951. The predicted molar refractivity (Wildman–Crippen MR) is 97.5 cm³/mol. The SMILES string of the molecule is C[Si](C)(C)CCOCn1ncc(B(O)O)c1-c1nccs1.O[B]O. The molecule has 0 fully saturated rings. The molecule has 0 saturated heterocycles. The Bertz CT molecular complexity index is 592. The van der Waals surface area contributed by atoms with Crippen molar-refractivity contribution in [3.05, 3.63) is 17.8 Å². The average molecular weight is 370 g/mol. The molecule has 0 aliphatic carbocycles. The van der Waals surface area contributed by atoms with Gasteiger partial charge in [0.2, 0.25) is 0 Å². The molecule has 8 nitrogen and oxygen atoms in total. The van der Waals surface area contributed by atoms with Gasteiger partial charge in [-0.05, 0) is 6.04 Å². The van der Waals surface area contributed by atoms with Crippen LogP contribution in [0.3, 0.4) is 0 Å². The first-order valence-electron chi connectivity index (χ1n) is 7.29. The Hall–Kier alpha value is -1.01. The van der Waals surface area contributed by atoms with Gasteiger partial charge in [0, 0.05) is 37.9 Å². The van der Waals surface area contributed by atoms with E-state index in [0.29, 0.717) is 22.8 Å². The fourth-order valence-corrected chi connectivity index (χ4v) is 3.25. The molecule has 12 heteroatoms. The maximum Gasteiger partial charge on any atom is 0.492 e. The third-order valence-electron chi connectivity index (χ3n) is 2.99. The number of hydrogen-bond donors (Lipinski definition) is 4. The van der Waals surface area contributed by atoms with Gasteiger partial charge >= 0.3 is 14.8 Å². The minimum atomic E-state index is -1.57. The van der Waals surface area contributed by atoms with Crippen LogP contribution >= 0.6 is 11.3 Å². The highest BCUT2D eigenvalue weighted by atomic mass is 32.1. The molecule has 2 heterocycles. The Balaban J connectivity index is 0.000000891. The van der Waals surface area contributed by atoms with Gasteiger partial charge in [0.25, 0.3) is 0 Å². The van der Waals surface area contributed by atoms with Crippen molar-refractivity contribution in [2.24, 2.45) is 0 Å². The molecule has 0 unspecified atom stereocenters. The van der Waals surface area contributed by atoms with Gasteiger partial charge < -0.3 is 24.8 Å². The van der Waals surface area contributed by atoms with Gasteiger partial charge in [-0.1, -0.05) is 19.6 Å². The van der Waals surface area contributed by atoms with Crippen LogP contribution < -0.4 is 5.46 Å². The van der Waals surface area contributed by atoms with Crippen LogP contribution in [0.4, 0.5) is 0 Å². The summed E-state index contributed by atoms with van der Waals surface area (Å²) in [6, 6.07) is 1.08. The molecule has 131 valence electrons. The Morgan fingerprint density at radius 2 is 2.00 bits per heavy atom. The fraction of sp³-hybridized carbons (Fsp3) is 0.500. The summed E-state index contributed by atoms with van der Waals surface area (Å²) in [5, 5.41) is 39.6. The monoisotopic (exact) mass is 370 g/mol. The molecule has 1 radical (unpaired) electrons. The molecule has 2 rings (SSSR count). The second-order valence-corrected chi connectivity index (χ2v) is 12.6. The van der Waals surface area contributed by atoms with E-state index in [1.165, 1.54) is 17.5 Å². The van der Waals surface area contributed by atoms with Gasteiger partial charge in [-0.2, -0.15) is 5.10 Å². The maximum absolute atomic E-state index is 9.44. The Morgan fingerprint density at radius 1 is 1.33 bits per heavy atom. The molecular weight excluding hydrogens is 348 g/mol. The summed E-state index contributed by atoms with van der Waals surface area (Å²) in [7, 11) is -2.69. The Kier molecular flexibility index (Phi) is 8.84. The van der Waals surface area contributed by atoms with Crippen molar-refractivity contribution < 1.29 is 24.8 Å². The lowest BCUT2D eigenvalue weighted by Crippen LogP contribution is -2.31. The molecule has 4 N–H and O–H groups in total. The van der Waals surface area contributed by atoms with Crippen LogP contribution in [0.2, 0.25) is 25.7 Å². The van der Waals surface area contributed by atoms with E-state index in [0.717, 1.165) is 6.04 Å². The van der Waals surface area contributed by atoms with Crippen LogP contribution in [-0.2, 0) is 11.5 Å². The zero-order chi connectivity index (χ0) is 18.2. The van der Waals surface area contributed by atoms with E-state index in [4.69, 9.17) is 14.8 Å². The van der Waals surface area contributed by atoms with Crippen LogP contribution in [0.15, 0.2) is 17.8 Å². The van der Waals surface area contributed by atoms with E-state index in [1.54, 1.807) is 10.9 Å². The quantitative estimate of drug-likeness (QED) is 0.383. The Morgan fingerprint density at radius 3 is 2.50 bits per heavy atom. The minimum Gasteiger partial charge on any atom is -0.429 e. The van der Waals surface area contributed by atoms with Gasteiger partial charge in [0.1, 0.15) is 11.7 Å². The first-order valence-corrected chi connectivity index (χ1v) is 11.9. The van der Waals surface area contributed by atoms with E-state index in [2.05, 4.69) is 29.7 Å². The van der Waals surface area contributed by atoms with Crippen LogP contribution in [0.1, 0.15) is 0 Å². The summed E-state index contributed by atoms with van der Waals surface area (Å²) < 4.78 is 7.30. The van der Waals surface area contributed by atoms with Crippen molar-refractivity contribution in [2.45, 2.75) is 32.4 Å². The molecule has 0 aliphatic rings. The Labute approximate surface area is 147 Å². The van der Waals surface area contributed by atoms with Crippen molar-refractivity contribution in [3.8, 4) is 10.7 Å². The topological polar surface area (TPSA) is 121 Å². The third-order valence-corrected chi connectivity index (χ3v) is 5.47. The van der Waals surface area contributed by atoms with Crippen LogP contribution in [0.25, 0.3) is 10.7 Å². The number of rotatable bonds is 7. The van der Waals surface area contributed by atoms with E-state index in [1.807, 2.05) is 5.38 Å². The van der Waals surface area contributed by atoms with Crippen LogP contribution in [0, 0.1) is 0 Å². The summed E-state index contributed by atoms with van der Waals surface area (Å²) in [4.78, 5) is 4.22. The van der Waals surface area contributed by atoms with E-state index in [9.17, 15) is 10.0 Å². The minimum absolute atomic E-state index is 0. The number of aromatic nitrogens is 3. The summed E-state index contributed by atoms with van der Waals surface area (Å²) in [6.45, 7) is 7.86. The molecule has 0 aliphatic heterocycles. The molecular formula is C12H22B2N3O5SSi. The number of nitrogens with zero attached hydrogens (tertiary/aromatic N) is 3. The fourth-order valence-electron chi connectivity index (χ4n) is 1.79.